The van der Waals surface area contributed by atoms with Crippen molar-refractivity contribution < 1.29 is 26.3 Å². The van der Waals surface area contributed by atoms with E-state index in [1.165, 1.54) is 34.9 Å². The molecular formula is C41H19F6N5. The van der Waals surface area contributed by atoms with Crippen LogP contribution in [-0.4, -0.2) is 9.13 Å². The number of para-hydroxylation sites is 2. The van der Waals surface area contributed by atoms with Crippen molar-refractivity contribution in [1.82, 2.24) is 9.13 Å². The molecule has 0 saturated carbocycles. The molecule has 2 aromatic heterocycles. The molecule has 0 bridgehead atoms. The number of rotatable bonds is 3. The highest BCUT2D eigenvalue weighted by atomic mass is 19.4. The van der Waals surface area contributed by atoms with Gasteiger partial charge in [0.2, 0.25) is 0 Å². The minimum absolute atomic E-state index is 0.0708. The van der Waals surface area contributed by atoms with Crippen LogP contribution < -0.4 is 0 Å². The van der Waals surface area contributed by atoms with E-state index in [1.54, 1.807) is 65.2 Å². The molecule has 0 unspecified atom stereocenters. The monoisotopic (exact) mass is 695 g/mol. The maximum Gasteiger partial charge on any atom is 0.416 e. The van der Waals surface area contributed by atoms with Crippen LogP contribution in [0.4, 0.5) is 26.3 Å². The highest BCUT2D eigenvalue weighted by Crippen LogP contribution is 2.44. The molecule has 52 heavy (non-hydrogen) atoms. The fraction of sp³-hybridized carbons (Fsp3) is 0.0488. The van der Waals surface area contributed by atoms with E-state index in [0.29, 0.717) is 43.7 Å². The van der Waals surface area contributed by atoms with E-state index in [-0.39, 0.29) is 39.1 Å². The Labute approximate surface area is 290 Å². The second-order valence-electron chi connectivity index (χ2n) is 12.2. The molecule has 8 aromatic rings. The molecule has 0 radical (unpaired) electrons. The van der Waals surface area contributed by atoms with Crippen molar-refractivity contribution in [3.8, 4) is 40.7 Å². The third-order valence-electron chi connectivity index (χ3n) is 9.24. The topological polar surface area (TPSA) is 81.2 Å². The molecule has 0 fully saturated rings. The van der Waals surface area contributed by atoms with Crippen LogP contribution in [-0.2, 0) is 12.4 Å². The van der Waals surface area contributed by atoms with Crippen molar-refractivity contribution in [3.63, 3.8) is 0 Å². The van der Waals surface area contributed by atoms with Gasteiger partial charge in [-0.15, -0.1) is 0 Å². The largest absolute Gasteiger partial charge is 0.416 e. The molecule has 0 saturated heterocycles. The van der Waals surface area contributed by atoms with E-state index in [2.05, 4.69) is 6.07 Å². The lowest BCUT2D eigenvalue weighted by molar-refractivity contribution is -0.138. The minimum atomic E-state index is -4.71. The van der Waals surface area contributed by atoms with Gasteiger partial charge < -0.3 is 9.13 Å². The molecule has 0 aliphatic carbocycles. The Bertz CT molecular complexity index is 2890. The van der Waals surface area contributed by atoms with Crippen molar-refractivity contribution in [1.29, 1.82) is 15.8 Å². The van der Waals surface area contributed by atoms with Crippen molar-refractivity contribution in [3.05, 3.63) is 143 Å². The van der Waals surface area contributed by atoms with E-state index in [0.717, 1.165) is 24.3 Å². The van der Waals surface area contributed by atoms with Crippen LogP contribution in [0.2, 0.25) is 0 Å². The molecule has 0 aliphatic heterocycles. The standard InChI is InChI=1S/C41H19F6N5/c42-40(43,44)26-9-11-31-29-5-1-3-7-34(29)51(37(31)18-26)36-14-13-28(25-16-23(20-48)15-24(17-25)21-49)39(33(36)22-50)52-35-8-4-2-6-30(35)32-12-10-27(19-38(32)52)41(45,46)47/h1-19H. The van der Waals surface area contributed by atoms with E-state index in [1.807, 2.05) is 12.1 Å². The number of benzene rings is 6. The summed E-state index contributed by atoms with van der Waals surface area (Å²) in [4.78, 5) is 0. The lowest BCUT2D eigenvalue weighted by Gasteiger charge is -2.20. The average Bonchev–Trinajstić information content (AvgIpc) is 3.65. The quantitative estimate of drug-likeness (QED) is 0.173. The van der Waals surface area contributed by atoms with Crippen LogP contribution in [0.1, 0.15) is 27.8 Å². The molecule has 6 aromatic carbocycles. The second-order valence-corrected chi connectivity index (χ2v) is 12.2. The zero-order chi connectivity index (χ0) is 36.5. The van der Waals surface area contributed by atoms with Crippen LogP contribution in [0.15, 0.2) is 115 Å². The van der Waals surface area contributed by atoms with E-state index < -0.39 is 23.5 Å². The first kappa shape index (κ1) is 32.2. The molecule has 5 nitrogen and oxygen atoms in total. The number of fused-ring (bicyclic) bond motifs is 6. The second kappa shape index (κ2) is 11.5. The number of hydrogen-bond donors (Lipinski definition) is 0. The summed E-state index contributed by atoms with van der Waals surface area (Å²) in [6, 6.07) is 34.4. The summed E-state index contributed by atoms with van der Waals surface area (Å²) in [5, 5.41) is 32.9. The van der Waals surface area contributed by atoms with E-state index >= 15 is 0 Å². The summed E-state index contributed by atoms with van der Waals surface area (Å²) in [7, 11) is 0. The summed E-state index contributed by atoms with van der Waals surface area (Å²) in [6.45, 7) is 0. The van der Waals surface area contributed by atoms with Gasteiger partial charge in [-0.2, -0.15) is 42.1 Å². The molecule has 2 heterocycles. The van der Waals surface area contributed by atoms with Crippen LogP contribution in [0.25, 0.3) is 66.1 Å². The molecule has 0 amide bonds. The molecule has 0 atom stereocenters. The SMILES string of the molecule is N#Cc1cc(C#N)cc(-c2ccc(-n3c4ccccc4c4ccc(C(F)(F)F)cc43)c(C#N)c2-n2c3ccccc3c3ccc(C(F)(F)F)cc32)c1. The molecule has 0 spiro atoms. The zero-order valence-corrected chi connectivity index (χ0v) is 26.5. The van der Waals surface area contributed by atoms with Gasteiger partial charge in [-0.1, -0.05) is 54.6 Å². The number of nitriles is 3. The van der Waals surface area contributed by atoms with Gasteiger partial charge in [0.05, 0.1) is 67.8 Å². The van der Waals surface area contributed by atoms with Gasteiger partial charge in [0.1, 0.15) is 11.6 Å². The smallest absolute Gasteiger partial charge is 0.308 e. The Hall–Kier alpha value is -7.03. The first-order valence-corrected chi connectivity index (χ1v) is 15.7. The van der Waals surface area contributed by atoms with Crippen LogP contribution in [0, 0.1) is 34.0 Å². The van der Waals surface area contributed by atoms with Gasteiger partial charge in [-0.05, 0) is 66.2 Å². The number of alkyl halides is 6. The lowest BCUT2D eigenvalue weighted by atomic mass is 9.95. The number of halogens is 6. The van der Waals surface area contributed by atoms with Gasteiger partial charge in [0.25, 0.3) is 0 Å². The number of hydrogen-bond acceptors (Lipinski definition) is 3. The predicted octanol–water partition coefficient (Wildman–Crippen LogP) is 11.2. The molecular weight excluding hydrogens is 676 g/mol. The first-order valence-electron chi connectivity index (χ1n) is 15.7. The third-order valence-corrected chi connectivity index (χ3v) is 9.24. The summed E-state index contributed by atoms with van der Waals surface area (Å²) >= 11 is 0. The van der Waals surface area contributed by atoms with E-state index in [4.69, 9.17) is 0 Å². The van der Waals surface area contributed by atoms with Crippen molar-refractivity contribution in [2.24, 2.45) is 0 Å². The third kappa shape index (κ3) is 4.93. The van der Waals surface area contributed by atoms with E-state index in [9.17, 15) is 42.1 Å². The van der Waals surface area contributed by atoms with Gasteiger partial charge >= 0.3 is 12.4 Å². The summed E-state index contributed by atoms with van der Waals surface area (Å²) in [6.07, 6.45) is -9.38. The first-order chi connectivity index (χ1) is 24.9. The van der Waals surface area contributed by atoms with Crippen LogP contribution in [0.3, 0.4) is 0 Å². The Kier molecular flexibility index (Phi) is 7.13. The summed E-state index contributed by atoms with van der Waals surface area (Å²) in [5.74, 6) is 0. The lowest BCUT2D eigenvalue weighted by Crippen LogP contribution is -2.08. The molecule has 8 rings (SSSR count). The van der Waals surface area contributed by atoms with Gasteiger partial charge in [-0.25, -0.2) is 0 Å². The minimum Gasteiger partial charge on any atom is -0.308 e. The molecule has 11 heteroatoms. The predicted molar refractivity (Wildman–Crippen MR) is 185 cm³/mol. The molecule has 0 N–H and O–H groups in total. The summed E-state index contributed by atoms with van der Waals surface area (Å²) in [5.41, 5.74) is 0.478. The van der Waals surface area contributed by atoms with Crippen molar-refractivity contribution >= 4 is 43.6 Å². The van der Waals surface area contributed by atoms with Gasteiger partial charge in [0, 0.05) is 27.1 Å². The molecule has 0 aliphatic rings. The Morgan fingerprint density at radius 1 is 0.462 bits per heavy atom. The van der Waals surface area contributed by atoms with Gasteiger partial charge in [0.15, 0.2) is 0 Å². The van der Waals surface area contributed by atoms with Gasteiger partial charge in [-0.3, -0.25) is 0 Å². The Balaban J connectivity index is 1.59. The fourth-order valence-electron chi connectivity index (χ4n) is 7.05. The highest BCUT2D eigenvalue weighted by Gasteiger charge is 2.33. The van der Waals surface area contributed by atoms with Crippen LogP contribution in [0.5, 0.6) is 0 Å². The number of aromatic nitrogens is 2. The molecule has 250 valence electrons. The number of nitrogens with zero attached hydrogens (tertiary/aromatic N) is 5. The average molecular weight is 696 g/mol. The summed E-state index contributed by atoms with van der Waals surface area (Å²) < 4.78 is 88.0. The van der Waals surface area contributed by atoms with Crippen LogP contribution >= 0.6 is 0 Å². The highest BCUT2D eigenvalue weighted by molar-refractivity contribution is 6.12. The normalized spacial score (nSPS) is 12.0. The Morgan fingerprint density at radius 3 is 1.44 bits per heavy atom. The fourth-order valence-corrected chi connectivity index (χ4v) is 7.05. The van der Waals surface area contributed by atoms with Crippen molar-refractivity contribution in [2.45, 2.75) is 12.4 Å². The maximum absolute atomic E-state index is 14.2. The maximum atomic E-state index is 14.2. The van der Waals surface area contributed by atoms with Crippen molar-refractivity contribution in [2.75, 3.05) is 0 Å². The zero-order valence-electron chi connectivity index (χ0n) is 26.5. The Morgan fingerprint density at radius 2 is 0.942 bits per heavy atom.